The second-order valence-corrected chi connectivity index (χ2v) is 10.3. The summed E-state index contributed by atoms with van der Waals surface area (Å²) in [6.07, 6.45) is 5.17. The van der Waals surface area contributed by atoms with Crippen molar-refractivity contribution in [3.63, 3.8) is 0 Å². The van der Waals surface area contributed by atoms with E-state index in [1.165, 1.54) is 6.07 Å². The largest absolute Gasteiger partial charge is 0.399 e. The average Bonchev–Trinajstić information content (AvgIpc) is 3.25. The van der Waals surface area contributed by atoms with Gasteiger partial charge in [0.2, 0.25) is 0 Å². The molecule has 0 unspecified atom stereocenters. The summed E-state index contributed by atoms with van der Waals surface area (Å²) >= 11 is 0. The molecule has 2 aliphatic rings. The van der Waals surface area contributed by atoms with Gasteiger partial charge >= 0.3 is 0 Å². The lowest BCUT2D eigenvalue weighted by Gasteiger charge is -2.33. The number of carbonyl (C=O) groups is 2. The first kappa shape index (κ1) is 26.0. The predicted molar refractivity (Wildman–Crippen MR) is 142 cm³/mol. The highest BCUT2D eigenvalue weighted by Crippen LogP contribution is 2.31. The van der Waals surface area contributed by atoms with Crippen LogP contribution in [-0.2, 0) is 19.9 Å². The number of Topliss-reactive ketones (excluding diaryl/α,β-unsaturated/α-hetero) is 1. The van der Waals surface area contributed by atoms with Crippen molar-refractivity contribution in [2.75, 3.05) is 36.8 Å². The second-order valence-electron chi connectivity index (χ2n) is 10.3. The van der Waals surface area contributed by atoms with E-state index in [1.807, 2.05) is 16.6 Å². The molecule has 38 heavy (non-hydrogen) atoms. The molecule has 0 atom stereocenters. The minimum Gasteiger partial charge on any atom is -0.399 e. The fourth-order valence-electron chi connectivity index (χ4n) is 5.66. The van der Waals surface area contributed by atoms with Crippen molar-refractivity contribution in [2.45, 2.75) is 38.5 Å². The smallest absolute Gasteiger partial charge is 0.259 e. The molecule has 1 amide bonds. The van der Waals surface area contributed by atoms with Gasteiger partial charge < -0.3 is 10.6 Å². The number of aromatic nitrogens is 2. The van der Waals surface area contributed by atoms with Gasteiger partial charge in [0.1, 0.15) is 17.5 Å². The normalized spacial score (nSPS) is 16.3. The van der Waals surface area contributed by atoms with Gasteiger partial charge in [-0.3, -0.25) is 19.2 Å². The van der Waals surface area contributed by atoms with E-state index in [9.17, 15) is 18.4 Å². The lowest BCUT2D eigenvalue weighted by atomic mass is 9.88. The van der Waals surface area contributed by atoms with Crippen LogP contribution in [0.2, 0.25) is 0 Å². The summed E-state index contributed by atoms with van der Waals surface area (Å²) in [6, 6.07) is 10.1. The number of hydrogen-bond acceptors (Lipinski definition) is 5. The fraction of sp³-hybridized carbons (Fsp3) is 0.414. The number of amides is 1. The topological polar surface area (TPSA) is 84.5 Å². The molecule has 0 radical (unpaired) electrons. The molecule has 0 saturated carbocycles. The molecule has 0 bridgehead atoms. The lowest BCUT2D eigenvalue weighted by Crippen LogP contribution is -2.43. The Balaban J connectivity index is 1.29. The van der Waals surface area contributed by atoms with Crippen LogP contribution in [0, 0.1) is 17.6 Å². The van der Waals surface area contributed by atoms with Crippen molar-refractivity contribution in [3.05, 3.63) is 76.5 Å². The zero-order chi connectivity index (χ0) is 26.8. The predicted octanol–water partition coefficient (Wildman–Crippen LogP) is 4.40. The highest BCUT2D eigenvalue weighted by molar-refractivity contribution is 6.06. The molecule has 1 fully saturated rings. The molecule has 5 rings (SSSR count). The van der Waals surface area contributed by atoms with Crippen LogP contribution in [0.1, 0.15) is 57.7 Å². The summed E-state index contributed by atoms with van der Waals surface area (Å²) < 4.78 is 29.2. The van der Waals surface area contributed by atoms with Crippen LogP contribution in [0.4, 0.5) is 20.3 Å². The molecule has 1 saturated heterocycles. The number of likely N-dealkylation sites (tertiary alicyclic amines) is 1. The van der Waals surface area contributed by atoms with Gasteiger partial charge in [0.15, 0.2) is 5.78 Å². The molecule has 9 heteroatoms. The number of ketones is 1. The molecule has 2 aromatic carbocycles. The molecule has 200 valence electrons. The Morgan fingerprint density at radius 1 is 1.05 bits per heavy atom. The summed E-state index contributed by atoms with van der Waals surface area (Å²) in [4.78, 5) is 30.6. The third kappa shape index (κ3) is 5.34. The van der Waals surface area contributed by atoms with E-state index in [4.69, 9.17) is 10.8 Å². The van der Waals surface area contributed by atoms with Crippen molar-refractivity contribution in [1.82, 2.24) is 14.7 Å². The molecule has 0 spiro atoms. The minimum absolute atomic E-state index is 0.0499. The molecule has 2 N–H and O–H groups in total. The molecule has 1 aliphatic carbocycles. The highest BCUT2D eigenvalue weighted by Gasteiger charge is 2.31. The van der Waals surface area contributed by atoms with E-state index in [1.54, 1.807) is 24.3 Å². The summed E-state index contributed by atoms with van der Waals surface area (Å²) in [6.45, 7) is 2.42. The number of halogens is 2. The Morgan fingerprint density at radius 2 is 1.76 bits per heavy atom. The summed E-state index contributed by atoms with van der Waals surface area (Å²) in [7, 11) is 1.89. The number of hydrogen-bond donors (Lipinski definition) is 1. The number of carbonyl (C=O) groups excluding carboxylic acids is 2. The Morgan fingerprint density at radius 3 is 2.47 bits per heavy atom. The molecular weight excluding hydrogens is 488 g/mol. The van der Waals surface area contributed by atoms with Gasteiger partial charge in [0.05, 0.1) is 11.3 Å². The van der Waals surface area contributed by atoms with Gasteiger partial charge in [0.25, 0.3) is 5.91 Å². The number of anilines is 2. The quantitative estimate of drug-likeness (QED) is 0.368. The van der Waals surface area contributed by atoms with Crippen LogP contribution < -0.4 is 10.6 Å². The maximum absolute atomic E-state index is 14.1. The number of nitrogen functional groups attached to an aromatic ring is 1. The van der Waals surface area contributed by atoms with Gasteiger partial charge in [-0.1, -0.05) is 0 Å². The first-order valence-electron chi connectivity index (χ1n) is 13.3. The van der Waals surface area contributed by atoms with Crippen molar-refractivity contribution >= 4 is 23.2 Å². The van der Waals surface area contributed by atoms with E-state index in [2.05, 4.69) is 4.90 Å². The molecular formula is C29H33F2N5O2. The van der Waals surface area contributed by atoms with E-state index >= 15 is 0 Å². The number of rotatable bonds is 7. The molecule has 2 heterocycles. The summed E-state index contributed by atoms with van der Waals surface area (Å²) in [5, 5.41) is 4.73. The van der Waals surface area contributed by atoms with Crippen molar-refractivity contribution in [3.8, 4) is 0 Å². The Kier molecular flexibility index (Phi) is 7.56. The van der Waals surface area contributed by atoms with Crippen LogP contribution in [0.25, 0.3) is 0 Å². The maximum Gasteiger partial charge on any atom is 0.259 e. The van der Waals surface area contributed by atoms with Crippen LogP contribution in [0.3, 0.4) is 0 Å². The molecule has 7 nitrogen and oxygen atoms in total. The van der Waals surface area contributed by atoms with Gasteiger partial charge in [-0.15, -0.1) is 0 Å². The van der Waals surface area contributed by atoms with Crippen LogP contribution in [-0.4, -0.2) is 52.5 Å². The zero-order valence-corrected chi connectivity index (χ0v) is 21.6. The SMILES string of the molecule is Cn1nc2c(c1N(CCN1CCC(C(=O)c3ccc(F)cc3F)CC1)C(=O)c1ccc(N)cc1)CCCC2. The maximum atomic E-state index is 14.1. The fourth-order valence-corrected chi connectivity index (χ4v) is 5.66. The third-order valence-corrected chi connectivity index (χ3v) is 7.74. The zero-order valence-electron chi connectivity index (χ0n) is 21.6. The van der Waals surface area contributed by atoms with Gasteiger partial charge in [-0.05, 0) is 88.0 Å². The third-order valence-electron chi connectivity index (χ3n) is 7.74. The number of piperidine rings is 1. The molecule has 1 aromatic heterocycles. The van der Waals surface area contributed by atoms with E-state index < -0.39 is 11.6 Å². The van der Waals surface area contributed by atoms with Crippen molar-refractivity contribution in [1.29, 1.82) is 0 Å². The first-order chi connectivity index (χ1) is 18.3. The first-order valence-corrected chi connectivity index (χ1v) is 13.3. The average molecular weight is 522 g/mol. The Labute approximate surface area is 221 Å². The Hall–Kier alpha value is -3.59. The number of benzene rings is 2. The number of aryl methyl sites for hydroxylation is 2. The number of fused-ring (bicyclic) bond motifs is 1. The minimum atomic E-state index is -0.811. The second kappa shape index (κ2) is 11.0. The standard InChI is InChI=1S/C29H33F2N5O2/c1-34-28(24-4-2-3-5-26(24)33-34)36(29(38)20-6-9-22(32)10-7-20)17-16-35-14-12-19(13-15-35)27(37)23-11-8-21(30)18-25(23)31/h6-11,18-19H,2-5,12-17,32H2,1H3. The van der Waals surface area contributed by atoms with Gasteiger partial charge in [0, 0.05) is 48.9 Å². The molecule has 1 aliphatic heterocycles. The number of nitrogens with zero attached hydrogens (tertiary/aromatic N) is 4. The summed E-state index contributed by atoms with van der Waals surface area (Å²) in [5.41, 5.74) is 9.17. The lowest BCUT2D eigenvalue weighted by molar-refractivity contribution is 0.0837. The van der Waals surface area contributed by atoms with Crippen LogP contribution >= 0.6 is 0 Å². The van der Waals surface area contributed by atoms with Crippen molar-refractivity contribution < 1.29 is 18.4 Å². The molecule has 3 aromatic rings. The van der Waals surface area contributed by atoms with E-state index in [0.29, 0.717) is 50.3 Å². The number of nitrogens with two attached hydrogens (primary N) is 1. The highest BCUT2D eigenvalue weighted by atomic mass is 19.1. The van der Waals surface area contributed by atoms with E-state index in [-0.39, 0.29) is 23.2 Å². The summed E-state index contributed by atoms with van der Waals surface area (Å²) in [5.74, 6) is -1.33. The van der Waals surface area contributed by atoms with Crippen LogP contribution in [0.5, 0.6) is 0 Å². The monoisotopic (exact) mass is 521 g/mol. The van der Waals surface area contributed by atoms with E-state index in [0.717, 1.165) is 54.9 Å². The van der Waals surface area contributed by atoms with Crippen LogP contribution in [0.15, 0.2) is 42.5 Å². The van der Waals surface area contributed by atoms with Crippen molar-refractivity contribution in [2.24, 2.45) is 13.0 Å². The van der Waals surface area contributed by atoms with Gasteiger partial charge in [-0.25, -0.2) is 8.78 Å². The van der Waals surface area contributed by atoms with Gasteiger partial charge in [-0.2, -0.15) is 5.10 Å². The Bertz CT molecular complexity index is 1330.